The molecule has 0 bridgehead atoms. The van der Waals surface area contributed by atoms with E-state index in [0.29, 0.717) is 34.4 Å². The molecular formula is C19H21ClN4O2S. The lowest BCUT2D eigenvalue weighted by Crippen LogP contribution is -2.18. The molecule has 0 fully saturated rings. The molecule has 0 unspecified atom stereocenters. The fourth-order valence-corrected chi connectivity index (χ4v) is 3.13. The Hall–Kier alpha value is -2.51. The molecule has 3 aromatic rings. The van der Waals surface area contributed by atoms with E-state index in [1.165, 1.54) is 0 Å². The number of nitrogens with zero attached hydrogens (tertiary/aromatic N) is 2. The van der Waals surface area contributed by atoms with Crippen LogP contribution in [-0.4, -0.2) is 22.0 Å². The fourth-order valence-electron chi connectivity index (χ4n) is 2.70. The van der Waals surface area contributed by atoms with Gasteiger partial charge in [0.05, 0.1) is 13.7 Å². The molecule has 0 aliphatic rings. The lowest BCUT2D eigenvalue weighted by atomic mass is 10.2. The molecule has 0 aliphatic carbocycles. The highest BCUT2D eigenvalue weighted by molar-refractivity contribution is 7.71. The number of halogens is 1. The van der Waals surface area contributed by atoms with Crippen LogP contribution in [0.25, 0.3) is 0 Å². The predicted molar refractivity (Wildman–Crippen MR) is 109 cm³/mol. The minimum Gasteiger partial charge on any atom is -0.493 e. The number of benzene rings is 2. The van der Waals surface area contributed by atoms with Crippen molar-refractivity contribution in [1.82, 2.24) is 14.9 Å². The van der Waals surface area contributed by atoms with Crippen LogP contribution in [0.2, 0.25) is 5.02 Å². The Bertz CT molecular complexity index is 970. The van der Waals surface area contributed by atoms with Gasteiger partial charge in [0.25, 0.3) is 0 Å². The van der Waals surface area contributed by atoms with Gasteiger partial charge in [0.1, 0.15) is 6.61 Å². The van der Waals surface area contributed by atoms with Gasteiger partial charge in [-0.1, -0.05) is 42.8 Å². The third kappa shape index (κ3) is 4.61. The minimum atomic E-state index is 0.388. The van der Waals surface area contributed by atoms with Crippen LogP contribution >= 0.6 is 23.8 Å². The fraction of sp³-hybridized carbons (Fsp3) is 0.263. The first kappa shape index (κ1) is 19.3. The van der Waals surface area contributed by atoms with Gasteiger partial charge in [-0.2, -0.15) is 5.10 Å². The Morgan fingerprint density at radius 3 is 2.81 bits per heavy atom. The molecule has 1 aromatic heterocycles. The van der Waals surface area contributed by atoms with Gasteiger partial charge in [-0.3, -0.25) is 5.10 Å². The molecule has 6 nitrogen and oxygen atoms in total. The van der Waals surface area contributed by atoms with Crippen molar-refractivity contribution in [3.05, 3.63) is 69.2 Å². The van der Waals surface area contributed by atoms with Crippen LogP contribution in [0.4, 0.5) is 0 Å². The van der Waals surface area contributed by atoms with E-state index in [2.05, 4.69) is 15.6 Å². The molecule has 0 amide bonds. The van der Waals surface area contributed by atoms with Crippen molar-refractivity contribution in [2.45, 2.75) is 26.5 Å². The Kier molecular flexibility index (Phi) is 6.36. The number of aromatic nitrogens is 3. The summed E-state index contributed by atoms with van der Waals surface area (Å²) in [6, 6.07) is 13.4. The van der Waals surface area contributed by atoms with Crippen molar-refractivity contribution >= 4 is 23.8 Å². The molecule has 1 heterocycles. The molecule has 142 valence electrons. The molecule has 0 atom stereocenters. The van der Waals surface area contributed by atoms with Crippen molar-refractivity contribution in [1.29, 1.82) is 0 Å². The number of hydrogen-bond acceptors (Lipinski definition) is 5. The first-order valence-corrected chi connectivity index (χ1v) is 9.34. The Balaban J connectivity index is 1.80. The summed E-state index contributed by atoms with van der Waals surface area (Å²) < 4.78 is 13.9. The third-order valence-corrected chi connectivity index (χ3v) is 4.55. The maximum Gasteiger partial charge on any atom is 0.214 e. The van der Waals surface area contributed by atoms with Crippen molar-refractivity contribution in [3.8, 4) is 11.5 Å². The van der Waals surface area contributed by atoms with Crippen LogP contribution in [0.15, 0.2) is 42.5 Å². The maximum absolute atomic E-state index is 6.07. The average Bonchev–Trinajstić information content (AvgIpc) is 3.04. The van der Waals surface area contributed by atoms with E-state index >= 15 is 0 Å². The van der Waals surface area contributed by atoms with Crippen LogP contribution in [0.1, 0.15) is 23.9 Å². The second-order valence-electron chi connectivity index (χ2n) is 5.84. The normalized spacial score (nSPS) is 10.6. The van der Waals surface area contributed by atoms with Crippen molar-refractivity contribution in [2.24, 2.45) is 0 Å². The molecule has 2 aromatic carbocycles. The topological polar surface area (TPSA) is 64.1 Å². The molecule has 2 N–H and O–H groups in total. The van der Waals surface area contributed by atoms with Crippen LogP contribution in [0, 0.1) is 4.77 Å². The standard InChI is InChI=1S/C19H21ClN4O2S/c1-3-17-22-23-19(27)24(17)21-11-14-7-5-9-16(25-2)18(14)26-12-13-6-4-8-15(20)10-13/h4-10,21H,3,11-12H2,1-2H3,(H,23,27). The number of nitrogens with one attached hydrogen (secondary N) is 2. The van der Waals surface area contributed by atoms with Gasteiger partial charge < -0.3 is 14.9 Å². The average molecular weight is 405 g/mol. The smallest absolute Gasteiger partial charge is 0.214 e. The monoisotopic (exact) mass is 404 g/mol. The van der Waals surface area contributed by atoms with Crippen molar-refractivity contribution in [2.75, 3.05) is 12.5 Å². The third-order valence-electron chi connectivity index (χ3n) is 4.04. The van der Waals surface area contributed by atoms with Gasteiger partial charge in [0.2, 0.25) is 4.77 Å². The van der Waals surface area contributed by atoms with E-state index in [9.17, 15) is 0 Å². The minimum absolute atomic E-state index is 0.388. The maximum atomic E-state index is 6.07. The van der Waals surface area contributed by atoms with Gasteiger partial charge in [-0.05, 0) is 36.0 Å². The number of para-hydroxylation sites is 1. The molecule has 0 saturated carbocycles. The Labute approximate surface area is 168 Å². The number of rotatable bonds is 8. The van der Waals surface area contributed by atoms with Crippen molar-refractivity contribution < 1.29 is 9.47 Å². The van der Waals surface area contributed by atoms with E-state index in [1.54, 1.807) is 11.8 Å². The van der Waals surface area contributed by atoms with Crippen LogP contribution < -0.4 is 14.9 Å². The summed E-state index contributed by atoms with van der Waals surface area (Å²) in [6.07, 6.45) is 0.760. The Morgan fingerprint density at radius 2 is 2.07 bits per heavy atom. The Morgan fingerprint density at radius 1 is 1.26 bits per heavy atom. The SMILES string of the molecule is CCc1n[nH]c(=S)n1NCc1cccc(OC)c1OCc1cccc(Cl)c1. The molecule has 0 spiro atoms. The van der Waals surface area contributed by atoms with E-state index in [4.69, 9.17) is 33.3 Å². The first-order chi connectivity index (χ1) is 13.1. The highest BCUT2D eigenvalue weighted by Gasteiger charge is 2.12. The number of H-pyrrole nitrogens is 1. The van der Waals surface area contributed by atoms with E-state index in [-0.39, 0.29) is 0 Å². The summed E-state index contributed by atoms with van der Waals surface area (Å²) in [4.78, 5) is 0. The summed E-state index contributed by atoms with van der Waals surface area (Å²) in [5.74, 6) is 2.19. The summed E-state index contributed by atoms with van der Waals surface area (Å²) >= 11 is 11.3. The van der Waals surface area contributed by atoms with Crippen molar-refractivity contribution in [3.63, 3.8) is 0 Å². The van der Waals surface area contributed by atoms with Gasteiger partial charge in [-0.15, -0.1) is 0 Å². The van der Waals surface area contributed by atoms with E-state index in [1.807, 2.05) is 49.4 Å². The molecule has 0 saturated heterocycles. The van der Waals surface area contributed by atoms with Crippen LogP contribution in [0.5, 0.6) is 11.5 Å². The first-order valence-electron chi connectivity index (χ1n) is 8.55. The molecule has 3 rings (SSSR count). The lowest BCUT2D eigenvalue weighted by molar-refractivity contribution is 0.281. The lowest BCUT2D eigenvalue weighted by Gasteiger charge is -2.16. The second-order valence-corrected chi connectivity index (χ2v) is 6.66. The molecule has 0 radical (unpaired) electrons. The summed E-state index contributed by atoms with van der Waals surface area (Å²) in [7, 11) is 1.63. The summed E-state index contributed by atoms with van der Waals surface area (Å²) in [5.41, 5.74) is 5.22. The largest absolute Gasteiger partial charge is 0.493 e. The molecule has 27 heavy (non-hydrogen) atoms. The van der Waals surface area contributed by atoms with E-state index < -0.39 is 0 Å². The zero-order chi connectivity index (χ0) is 19.2. The zero-order valence-corrected chi connectivity index (χ0v) is 16.7. The number of hydrogen-bond donors (Lipinski definition) is 2. The number of ether oxygens (including phenoxy) is 2. The van der Waals surface area contributed by atoms with Gasteiger partial charge >= 0.3 is 0 Å². The second kappa shape index (κ2) is 8.92. The summed E-state index contributed by atoms with van der Waals surface area (Å²) in [5, 5.41) is 7.68. The van der Waals surface area contributed by atoms with Gasteiger partial charge in [-0.25, -0.2) is 4.68 Å². The highest BCUT2D eigenvalue weighted by Crippen LogP contribution is 2.32. The number of methoxy groups -OCH3 is 1. The van der Waals surface area contributed by atoms with Crippen LogP contribution in [0.3, 0.4) is 0 Å². The predicted octanol–water partition coefficient (Wildman–Crippen LogP) is 4.49. The molecule has 8 heteroatoms. The summed E-state index contributed by atoms with van der Waals surface area (Å²) in [6.45, 7) is 2.91. The van der Waals surface area contributed by atoms with Gasteiger partial charge in [0.15, 0.2) is 17.3 Å². The highest BCUT2D eigenvalue weighted by atomic mass is 35.5. The number of aromatic amines is 1. The zero-order valence-electron chi connectivity index (χ0n) is 15.2. The van der Waals surface area contributed by atoms with E-state index in [0.717, 1.165) is 23.4 Å². The molecule has 0 aliphatic heterocycles. The molecular weight excluding hydrogens is 384 g/mol. The quantitative estimate of drug-likeness (QED) is 0.541. The number of aryl methyl sites for hydroxylation is 1. The van der Waals surface area contributed by atoms with Crippen LogP contribution in [-0.2, 0) is 19.6 Å². The van der Waals surface area contributed by atoms with Gasteiger partial charge in [0, 0.05) is 17.0 Å².